The van der Waals surface area contributed by atoms with Crippen LogP contribution in [0.25, 0.3) is 0 Å². The van der Waals surface area contributed by atoms with Gasteiger partial charge < -0.3 is 24.6 Å². The van der Waals surface area contributed by atoms with Gasteiger partial charge in [-0.1, -0.05) is 26.3 Å². The van der Waals surface area contributed by atoms with E-state index in [9.17, 15) is 24.3 Å². The van der Waals surface area contributed by atoms with Crippen molar-refractivity contribution in [1.29, 1.82) is 0 Å². The SMILES string of the molecule is CCCC(C)C(=O)OC(C)CN[C@@H](Cc1ccc(OC(=O)C(C)(C)C)c(OC(=O)C(C)(C)C)c1)C(=O)O. The number of esters is 3. The van der Waals surface area contributed by atoms with Gasteiger partial charge >= 0.3 is 23.9 Å². The van der Waals surface area contributed by atoms with E-state index in [2.05, 4.69) is 5.32 Å². The Morgan fingerprint density at radius 2 is 1.46 bits per heavy atom. The summed E-state index contributed by atoms with van der Waals surface area (Å²) in [5.74, 6) is -2.55. The Morgan fingerprint density at radius 3 is 1.95 bits per heavy atom. The van der Waals surface area contributed by atoms with Crippen LogP contribution in [0.5, 0.6) is 11.5 Å². The van der Waals surface area contributed by atoms with E-state index in [1.165, 1.54) is 12.1 Å². The lowest BCUT2D eigenvalue weighted by Gasteiger charge is -2.22. The average molecular weight is 522 g/mol. The molecule has 3 atom stereocenters. The molecule has 208 valence electrons. The van der Waals surface area contributed by atoms with Gasteiger partial charge in [0.25, 0.3) is 0 Å². The van der Waals surface area contributed by atoms with E-state index < -0.39 is 40.9 Å². The molecule has 2 unspecified atom stereocenters. The smallest absolute Gasteiger partial charge is 0.321 e. The maximum atomic E-state index is 12.6. The van der Waals surface area contributed by atoms with Crippen LogP contribution in [0.2, 0.25) is 0 Å². The third-order valence-electron chi connectivity index (χ3n) is 5.47. The zero-order valence-electron chi connectivity index (χ0n) is 23.6. The first-order valence-corrected chi connectivity index (χ1v) is 12.7. The highest BCUT2D eigenvalue weighted by molar-refractivity contribution is 5.81. The second-order valence-electron chi connectivity index (χ2n) is 11.5. The summed E-state index contributed by atoms with van der Waals surface area (Å²) < 4.78 is 16.5. The summed E-state index contributed by atoms with van der Waals surface area (Å²) >= 11 is 0. The number of carbonyl (C=O) groups is 4. The van der Waals surface area contributed by atoms with Gasteiger partial charge in [0.1, 0.15) is 12.1 Å². The lowest BCUT2D eigenvalue weighted by atomic mass is 9.97. The van der Waals surface area contributed by atoms with Crippen molar-refractivity contribution < 1.29 is 38.5 Å². The van der Waals surface area contributed by atoms with Crippen molar-refractivity contribution in [2.75, 3.05) is 6.54 Å². The minimum absolute atomic E-state index is 0.0337. The third kappa shape index (κ3) is 10.9. The van der Waals surface area contributed by atoms with Gasteiger partial charge in [0.15, 0.2) is 11.5 Å². The molecule has 1 rings (SSSR count). The van der Waals surface area contributed by atoms with Crippen LogP contribution in [0.4, 0.5) is 0 Å². The molecule has 0 saturated carbocycles. The molecule has 0 heterocycles. The minimum Gasteiger partial charge on any atom is -0.480 e. The van der Waals surface area contributed by atoms with Crippen molar-refractivity contribution in [3.05, 3.63) is 23.8 Å². The van der Waals surface area contributed by atoms with Gasteiger partial charge in [0, 0.05) is 6.54 Å². The summed E-state index contributed by atoms with van der Waals surface area (Å²) in [6.45, 7) is 15.8. The molecule has 2 N–H and O–H groups in total. The molecule has 1 aromatic carbocycles. The summed E-state index contributed by atoms with van der Waals surface area (Å²) in [6, 6.07) is 3.61. The molecule has 0 saturated heterocycles. The summed E-state index contributed by atoms with van der Waals surface area (Å²) in [4.78, 5) is 49.1. The molecular weight excluding hydrogens is 478 g/mol. The van der Waals surface area contributed by atoms with Crippen LogP contribution in [0.3, 0.4) is 0 Å². The Kier molecular flexibility index (Phi) is 11.8. The van der Waals surface area contributed by atoms with Crippen LogP contribution in [0, 0.1) is 16.7 Å². The largest absolute Gasteiger partial charge is 0.480 e. The first kappa shape index (κ1) is 32.1. The van der Waals surface area contributed by atoms with E-state index in [-0.39, 0.29) is 36.4 Å². The van der Waals surface area contributed by atoms with Gasteiger partial charge in [-0.25, -0.2) is 0 Å². The van der Waals surface area contributed by atoms with Gasteiger partial charge in [-0.05, 0) is 79.0 Å². The van der Waals surface area contributed by atoms with Gasteiger partial charge in [-0.2, -0.15) is 0 Å². The highest BCUT2D eigenvalue weighted by Crippen LogP contribution is 2.33. The van der Waals surface area contributed by atoms with Crippen LogP contribution < -0.4 is 14.8 Å². The van der Waals surface area contributed by atoms with Crippen molar-refractivity contribution in [3.8, 4) is 11.5 Å². The Morgan fingerprint density at radius 1 is 0.919 bits per heavy atom. The van der Waals surface area contributed by atoms with Gasteiger partial charge in [-0.3, -0.25) is 19.2 Å². The number of nitrogens with one attached hydrogen (secondary N) is 1. The summed E-state index contributed by atoms with van der Waals surface area (Å²) in [5, 5.41) is 12.7. The molecule has 0 fully saturated rings. The number of aliphatic carboxylic acids is 1. The Balaban J connectivity index is 3.06. The molecular formula is C28H43NO8. The number of carboxylic acids is 1. The van der Waals surface area contributed by atoms with Crippen molar-refractivity contribution >= 4 is 23.9 Å². The lowest BCUT2D eigenvalue weighted by molar-refractivity contribution is -0.152. The predicted octanol–water partition coefficient (Wildman–Crippen LogP) is 4.54. The number of rotatable bonds is 12. The van der Waals surface area contributed by atoms with Crippen molar-refractivity contribution in [2.24, 2.45) is 16.7 Å². The molecule has 37 heavy (non-hydrogen) atoms. The van der Waals surface area contributed by atoms with E-state index in [1.807, 2.05) is 6.92 Å². The number of carboxylic acid groups (broad SMARTS) is 1. The molecule has 0 aliphatic heterocycles. The number of hydrogen-bond acceptors (Lipinski definition) is 8. The second kappa shape index (κ2) is 13.6. The Hall–Kier alpha value is -2.94. The standard InChI is InChI=1S/C28H43NO8/c1-10-11-17(2)24(32)35-18(3)16-29-20(23(30)31)14-19-12-13-21(36-25(33)27(4,5)6)22(15-19)37-26(34)28(7,8)9/h12-13,15,17-18,20,29H,10-11,14,16H2,1-9H3,(H,30,31)/t17?,18?,20-/m0/s1. The molecule has 0 amide bonds. The maximum absolute atomic E-state index is 12.6. The first-order chi connectivity index (χ1) is 16.9. The van der Waals surface area contributed by atoms with E-state index in [1.54, 1.807) is 61.5 Å². The molecule has 0 bridgehead atoms. The van der Waals surface area contributed by atoms with Crippen molar-refractivity contribution in [2.45, 2.75) is 93.7 Å². The van der Waals surface area contributed by atoms with E-state index in [0.29, 0.717) is 5.56 Å². The van der Waals surface area contributed by atoms with Gasteiger partial charge in [0.2, 0.25) is 0 Å². The summed E-state index contributed by atoms with van der Waals surface area (Å²) in [6.07, 6.45) is 1.12. The molecule has 0 spiro atoms. The molecule has 0 aromatic heterocycles. The molecule has 1 aromatic rings. The molecule has 9 nitrogen and oxygen atoms in total. The second-order valence-corrected chi connectivity index (χ2v) is 11.5. The van der Waals surface area contributed by atoms with Crippen LogP contribution in [0.1, 0.15) is 80.7 Å². The van der Waals surface area contributed by atoms with Crippen molar-refractivity contribution in [3.63, 3.8) is 0 Å². The fraction of sp³-hybridized carbons (Fsp3) is 0.643. The van der Waals surface area contributed by atoms with Crippen LogP contribution in [0.15, 0.2) is 18.2 Å². The fourth-order valence-corrected chi connectivity index (χ4v) is 3.05. The zero-order chi connectivity index (χ0) is 28.6. The molecule has 0 aliphatic rings. The maximum Gasteiger partial charge on any atom is 0.321 e. The van der Waals surface area contributed by atoms with E-state index in [4.69, 9.17) is 14.2 Å². The quantitative estimate of drug-likeness (QED) is 0.301. The zero-order valence-corrected chi connectivity index (χ0v) is 23.6. The van der Waals surface area contributed by atoms with Crippen LogP contribution >= 0.6 is 0 Å². The highest BCUT2D eigenvalue weighted by atomic mass is 16.6. The number of ether oxygens (including phenoxy) is 3. The Bertz CT molecular complexity index is 958. The fourth-order valence-electron chi connectivity index (χ4n) is 3.05. The Labute approximate surface area is 220 Å². The number of hydrogen-bond donors (Lipinski definition) is 2. The van der Waals surface area contributed by atoms with Gasteiger partial charge in [-0.15, -0.1) is 0 Å². The average Bonchev–Trinajstić information content (AvgIpc) is 2.76. The first-order valence-electron chi connectivity index (χ1n) is 12.7. The lowest BCUT2D eigenvalue weighted by Crippen LogP contribution is -2.43. The summed E-state index contributed by atoms with van der Waals surface area (Å²) in [7, 11) is 0. The molecule has 9 heteroatoms. The minimum atomic E-state index is -1.09. The highest BCUT2D eigenvalue weighted by Gasteiger charge is 2.29. The topological polar surface area (TPSA) is 128 Å². The molecule has 0 aliphatic carbocycles. The van der Waals surface area contributed by atoms with E-state index >= 15 is 0 Å². The van der Waals surface area contributed by atoms with Crippen LogP contribution in [-0.2, 0) is 30.3 Å². The normalized spacial score (nSPS) is 14.3. The number of benzene rings is 1. The molecule has 0 radical (unpaired) electrons. The third-order valence-corrected chi connectivity index (χ3v) is 5.47. The van der Waals surface area contributed by atoms with Crippen molar-refractivity contribution in [1.82, 2.24) is 5.32 Å². The predicted molar refractivity (Wildman–Crippen MR) is 139 cm³/mol. The van der Waals surface area contributed by atoms with E-state index in [0.717, 1.165) is 12.8 Å². The monoisotopic (exact) mass is 521 g/mol. The van der Waals surface area contributed by atoms with Gasteiger partial charge in [0.05, 0.1) is 16.7 Å². The van der Waals surface area contributed by atoms with Crippen LogP contribution in [-0.4, -0.2) is 47.7 Å². The number of carbonyl (C=O) groups excluding carboxylic acids is 3. The summed E-state index contributed by atoms with van der Waals surface area (Å²) in [5.41, 5.74) is -1.04.